The number of rotatable bonds is 5. The molecule has 0 aromatic carbocycles. The minimum absolute atomic E-state index is 0. The van der Waals surface area contributed by atoms with Gasteiger partial charge in [-0.2, -0.15) is 0 Å². The molecule has 0 aliphatic carbocycles. The summed E-state index contributed by atoms with van der Waals surface area (Å²) in [6, 6.07) is 0. The van der Waals surface area contributed by atoms with Gasteiger partial charge in [-0.3, -0.25) is 0 Å². The van der Waals surface area contributed by atoms with Crippen molar-refractivity contribution in [3.63, 3.8) is 0 Å². The molecule has 0 aliphatic rings. The van der Waals surface area contributed by atoms with Crippen LogP contribution < -0.4 is 0 Å². The first-order chi connectivity index (χ1) is 5.91. The number of aliphatic hydroxyl groups excluding tert-OH is 5. The molecule has 6 N–H and O–H groups in total. The van der Waals surface area contributed by atoms with Gasteiger partial charge in [-0.1, -0.05) is 0 Å². The number of carboxylic acids is 1. The van der Waals surface area contributed by atoms with Gasteiger partial charge in [0.2, 0.25) is 0 Å². The fraction of sp³-hybridized carbons (Fsp3) is 0.833. The fourth-order valence-corrected chi connectivity index (χ4v) is 0.668. The van der Waals surface area contributed by atoms with Crippen molar-refractivity contribution < 1.29 is 55.5 Å². The summed E-state index contributed by atoms with van der Waals surface area (Å²) in [5.41, 5.74) is 0. The smallest absolute Gasteiger partial charge is 0.335 e. The Morgan fingerprint density at radius 3 is 1.79 bits per heavy atom. The van der Waals surface area contributed by atoms with E-state index >= 15 is 0 Å². The molecule has 4 atom stereocenters. The summed E-state index contributed by atoms with van der Waals surface area (Å²) in [6.07, 6.45) is -7.84. The van der Waals surface area contributed by atoms with Crippen molar-refractivity contribution >= 4 is 5.97 Å². The molecule has 14 heavy (non-hydrogen) atoms. The standard InChI is InChI=1S/C6H12O7.Tc/c7-1-2(8)3(9)4(10)5(11)6(12)13;/h2-5,7-11H,1H2,(H,12,13);. The maximum Gasteiger partial charge on any atom is 0.335 e. The second-order valence-corrected chi connectivity index (χ2v) is 2.51. The quantitative estimate of drug-likeness (QED) is 0.309. The Bertz CT molecular complexity index is 176. The molecule has 7 nitrogen and oxygen atoms in total. The van der Waals surface area contributed by atoms with Crippen molar-refractivity contribution in [2.75, 3.05) is 6.61 Å². The average molecular weight is 294 g/mol. The number of carboxylic acid groups (broad SMARTS) is 1. The van der Waals surface area contributed by atoms with E-state index in [0.29, 0.717) is 0 Å². The van der Waals surface area contributed by atoms with Crippen molar-refractivity contribution in [1.82, 2.24) is 0 Å². The van der Waals surface area contributed by atoms with Crippen LogP contribution in [0.4, 0.5) is 0 Å². The van der Waals surface area contributed by atoms with Gasteiger partial charge >= 0.3 is 5.97 Å². The third kappa shape index (κ3) is 4.43. The Hall–Kier alpha value is -0.0806. The SMILES string of the molecule is O=C(O)C(O)C(O)C(O)C(O)CO.[Tc]. The maximum absolute atomic E-state index is 10.1. The van der Waals surface area contributed by atoms with Gasteiger partial charge in [0, 0.05) is 20.1 Å². The van der Waals surface area contributed by atoms with Crippen LogP contribution in [0, 0.1) is 0 Å². The van der Waals surface area contributed by atoms with Crippen LogP contribution in [-0.4, -0.2) is 67.6 Å². The molecule has 0 saturated carbocycles. The Labute approximate surface area is 93.0 Å². The molecule has 0 aliphatic heterocycles. The molecule has 0 aromatic rings. The summed E-state index contributed by atoms with van der Waals surface area (Å²) in [4.78, 5) is 10.1. The predicted molar refractivity (Wildman–Crippen MR) is 38.7 cm³/mol. The zero-order valence-corrected chi connectivity index (χ0v) is 8.84. The third-order valence-electron chi connectivity index (χ3n) is 1.51. The van der Waals surface area contributed by atoms with Gasteiger partial charge in [0.25, 0.3) is 0 Å². The van der Waals surface area contributed by atoms with Crippen LogP contribution >= 0.6 is 0 Å². The van der Waals surface area contributed by atoms with E-state index in [4.69, 9.17) is 30.6 Å². The maximum atomic E-state index is 10.1. The van der Waals surface area contributed by atoms with E-state index < -0.39 is 37.0 Å². The number of aliphatic carboxylic acids is 1. The van der Waals surface area contributed by atoms with E-state index in [0.717, 1.165) is 0 Å². The van der Waals surface area contributed by atoms with Gasteiger partial charge in [-0.25, -0.2) is 4.79 Å². The molecule has 4 unspecified atom stereocenters. The van der Waals surface area contributed by atoms with E-state index in [1.807, 2.05) is 0 Å². The largest absolute Gasteiger partial charge is 0.479 e. The van der Waals surface area contributed by atoms with Crippen LogP contribution in [0.2, 0.25) is 0 Å². The number of hydrogen-bond acceptors (Lipinski definition) is 6. The molecule has 0 spiro atoms. The second kappa shape index (κ2) is 7.24. The van der Waals surface area contributed by atoms with E-state index in [1.54, 1.807) is 0 Å². The number of hydrogen-bond donors (Lipinski definition) is 6. The van der Waals surface area contributed by atoms with E-state index in [-0.39, 0.29) is 20.1 Å². The van der Waals surface area contributed by atoms with Gasteiger partial charge in [0.1, 0.15) is 18.3 Å². The predicted octanol–water partition coefficient (Wildman–Crippen LogP) is -3.50. The molecule has 0 rings (SSSR count). The summed E-state index contributed by atoms with van der Waals surface area (Å²) in [5, 5.41) is 51.8. The molecule has 0 fully saturated rings. The fourth-order valence-electron chi connectivity index (χ4n) is 0.668. The minimum Gasteiger partial charge on any atom is -0.479 e. The summed E-state index contributed by atoms with van der Waals surface area (Å²) in [5.74, 6) is -1.73. The molecule has 0 amide bonds. The van der Waals surface area contributed by atoms with Gasteiger partial charge in [0.05, 0.1) is 6.61 Å². The first-order valence-electron chi connectivity index (χ1n) is 3.47. The summed E-state index contributed by atoms with van der Waals surface area (Å²) in [7, 11) is 0. The van der Waals surface area contributed by atoms with Gasteiger partial charge in [-0.05, 0) is 0 Å². The zero-order chi connectivity index (χ0) is 10.6. The average Bonchev–Trinajstić information content (AvgIpc) is 2.12. The van der Waals surface area contributed by atoms with Crippen molar-refractivity contribution in [3.05, 3.63) is 0 Å². The molecule has 85 valence electrons. The second-order valence-electron chi connectivity index (χ2n) is 2.51. The minimum atomic E-state index is -2.20. The van der Waals surface area contributed by atoms with Gasteiger partial charge < -0.3 is 30.6 Å². The molecule has 1 radical (unpaired) electrons. The summed E-state index contributed by atoms with van der Waals surface area (Å²) < 4.78 is 0. The Balaban J connectivity index is 0. The molecular weight excluding hydrogens is 282 g/mol. The topological polar surface area (TPSA) is 138 Å². The Morgan fingerprint density at radius 1 is 1.07 bits per heavy atom. The van der Waals surface area contributed by atoms with Crippen molar-refractivity contribution in [1.29, 1.82) is 0 Å². The summed E-state index contributed by atoms with van der Waals surface area (Å²) in [6.45, 7) is -0.843. The molecule has 0 saturated heterocycles. The monoisotopic (exact) mass is 293 g/mol. The first-order valence-corrected chi connectivity index (χ1v) is 3.47. The molecular formula is C6H12O7Tc. The van der Waals surface area contributed by atoms with Crippen LogP contribution in [0.15, 0.2) is 0 Å². The zero-order valence-electron chi connectivity index (χ0n) is 6.99. The number of aliphatic hydroxyl groups is 5. The van der Waals surface area contributed by atoms with Crippen LogP contribution in [0.5, 0.6) is 0 Å². The third-order valence-corrected chi connectivity index (χ3v) is 1.51. The van der Waals surface area contributed by atoms with Crippen molar-refractivity contribution in [2.24, 2.45) is 0 Å². The molecule has 8 heteroatoms. The molecule has 0 aromatic heterocycles. The van der Waals surface area contributed by atoms with Gasteiger partial charge in [0.15, 0.2) is 6.10 Å². The van der Waals surface area contributed by atoms with Crippen molar-refractivity contribution in [3.8, 4) is 0 Å². The van der Waals surface area contributed by atoms with Crippen LogP contribution in [0.3, 0.4) is 0 Å². The Kier molecular flexibility index (Phi) is 8.46. The van der Waals surface area contributed by atoms with E-state index in [2.05, 4.69) is 0 Å². The van der Waals surface area contributed by atoms with Crippen molar-refractivity contribution in [2.45, 2.75) is 24.4 Å². The van der Waals surface area contributed by atoms with Crippen LogP contribution in [0.1, 0.15) is 0 Å². The Morgan fingerprint density at radius 2 is 1.50 bits per heavy atom. The van der Waals surface area contributed by atoms with E-state index in [1.165, 1.54) is 0 Å². The summed E-state index contributed by atoms with van der Waals surface area (Å²) >= 11 is 0. The van der Waals surface area contributed by atoms with Crippen LogP contribution in [0.25, 0.3) is 0 Å². The first kappa shape index (κ1) is 16.4. The van der Waals surface area contributed by atoms with E-state index in [9.17, 15) is 4.79 Å². The number of carbonyl (C=O) groups is 1. The molecule has 0 heterocycles. The normalized spacial score (nSPS) is 18.9. The van der Waals surface area contributed by atoms with Gasteiger partial charge in [-0.15, -0.1) is 0 Å². The van der Waals surface area contributed by atoms with Crippen LogP contribution in [-0.2, 0) is 24.9 Å². The molecule has 0 bridgehead atoms.